The summed E-state index contributed by atoms with van der Waals surface area (Å²) in [7, 11) is 0. The van der Waals surface area contributed by atoms with Crippen LogP contribution in [0.1, 0.15) is 11.7 Å². The van der Waals surface area contributed by atoms with Crippen LogP contribution in [-0.4, -0.2) is 25.6 Å². The fourth-order valence-electron chi connectivity index (χ4n) is 2.96. The predicted molar refractivity (Wildman–Crippen MR) is 117 cm³/mol. The van der Waals surface area contributed by atoms with Crippen LogP contribution in [0.3, 0.4) is 0 Å². The molecule has 0 saturated carbocycles. The number of benzene rings is 2. The van der Waals surface area contributed by atoms with Gasteiger partial charge in [-0.1, -0.05) is 69.2 Å². The van der Waals surface area contributed by atoms with Crippen LogP contribution >= 0.6 is 27.7 Å². The Kier molecular flexibility index (Phi) is 5.39. The Balaban J connectivity index is 1.32. The summed E-state index contributed by atoms with van der Waals surface area (Å²) in [5.74, 6) is 2.23. The van der Waals surface area contributed by atoms with Gasteiger partial charge in [0, 0.05) is 15.6 Å². The molecule has 10 heteroatoms. The van der Waals surface area contributed by atoms with Gasteiger partial charge in [-0.2, -0.15) is 0 Å². The minimum atomic E-state index is 0.355. The molecule has 0 atom stereocenters. The number of rotatable bonds is 6. The quantitative estimate of drug-likeness (QED) is 0.270. The normalized spacial score (nSPS) is 11.2. The molecule has 0 amide bonds. The molecule has 154 valence electrons. The highest BCUT2D eigenvalue weighted by Gasteiger charge is 2.22. The van der Waals surface area contributed by atoms with Crippen LogP contribution in [0.5, 0.6) is 0 Å². The number of aromatic nitrogens is 5. The Morgan fingerprint density at radius 3 is 2.52 bits per heavy atom. The summed E-state index contributed by atoms with van der Waals surface area (Å²) < 4.78 is 17.9. The van der Waals surface area contributed by atoms with Crippen molar-refractivity contribution >= 4 is 27.7 Å². The van der Waals surface area contributed by atoms with Crippen LogP contribution in [0.4, 0.5) is 0 Å². The predicted octanol–water partition coefficient (Wildman–Crippen LogP) is 5.80. The highest BCUT2D eigenvalue weighted by molar-refractivity contribution is 9.10. The van der Waals surface area contributed by atoms with Crippen molar-refractivity contribution < 1.29 is 13.4 Å². The molecule has 2 aromatic carbocycles. The molecule has 0 bridgehead atoms. The summed E-state index contributed by atoms with van der Waals surface area (Å²) in [6.45, 7) is 1.81. The van der Waals surface area contributed by atoms with E-state index >= 15 is 0 Å². The maximum atomic E-state index is 5.86. The third kappa shape index (κ3) is 4.17. The molecule has 5 aromatic rings. The van der Waals surface area contributed by atoms with Gasteiger partial charge in [-0.25, -0.2) is 0 Å². The first-order valence-electron chi connectivity index (χ1n) is 9.24. The molecule has 0 radical (unpaired) electrons. The first-order chi connectivity index (χ1) is 15.2. The lowest BCUT2D eigenvalue weighted by Crippen LogP contribution is -1.84. The van der Waals surface area contributed by atoms with Crippen LogP contribution in [0.25, 0.3) is 34.2 Å². The zero-order valence-electron chi connectivity index (χ0n) is 16.2. The van der Waals surface area contributed by atoms with Crippen molar-refractivity contribution in [3.63, 3.8) is 0 Å². The highest BCUT2D eigenvalue weighted by Crippen LogP contribution is 2.34. The number of halogens is 1. The summed E-state index contributed by atoms with van der Waals surface area (Å²) in [5.41, 5.74) is 3.10. The summed E-state index contributed by atoms with van der Waals surface area (Å²) in [5, 5.41) is 21.1. The molecule has 0 aliphatic heterocycles. The van der Waals surface area contributed by atoms with Gasteiger partial charge < -0.3 is 13.4 Å². The molecule has 31 heavy (non-hydrogen) atoms. The molecule has 0 unspecified atom stereocenters. The number of hydrogen-bond acceptors (Lipinski definition) is 9. The van der Waals surface area contributed by atoms with Gasteiger partial charge in [0.2, 0.25) is 11.8 Å². The second kappa shape index (κ2) is 8.48. The lowest BCUT2D eigenvalue weighted by atomic mass is 10.1. The second-order valence-corrected chi connectivity index (χ2v) is 8.34. The third-order valence-corrected chi connectivity index (χ3v) is 5.68. The first kappa shape index (κ1) is 19.7. The standard InChI is InChI=1S/C21H14BrN5O3S/c1-12-17(18(27-30-12)13-6-3-2-4-7-13)20-25-23-16(28-20)11-31-21-26-24-19(29-21)14-8-5-9-15(22)10-14/h2-10H,11H2,1H3. The van der Waals surface area contributed by atoms with Gasteiger partial charge in [-0.15, -0.1) is 20.4 Å². The summed E-state index contributed by atoms with van der Waals surface area (Å²) >= 11 is 4.76. The third-order valence-electron chi connectivity index (χ3n) is 4.39. The Hall–Kier alpha value is -3.24. The number of thioether (sulfide) groups is 1. The van der Waals surface area contributed by atoms with E-state index in [0.717, 1.165) is 15.6 Å². The monoisotopic (exact) mass is 495 g/mol. The van der Waals surface area contributed by atoms with Gasteiger partial charge in [0.25, 0.3) is 11.1 Å². The van der Waals surface area contributed by atoms with Crippen molar-refractivity contribution in [3.8, 4) is 34.2 Å². The van der Waals surface area contributed by atoms with E-state index in [2.05, 4.69) is 41.5 Å². The van der Waals surface area contributed by atoms with E-state index in [0.29, 0.717) is 45.7 Å². The van der Waals surface area contributed by atoms with Crippen molar-refractivity contribution in [1.82, 2.24) is 25.6 Å². The molecule has 0 saturated heterocycles. The molecule has 0 aliphatic carbocycles. The van der Waals surface area contributed by atoms with Crippen LogP contribution in [0.2, 0.25) is 0 Å². The van der Waals surface area contributed by atoms with Gasteiger partial charge >= 0.3 is 0 Å². The van der Waals surface area contributed by atoms with Gasteiger partial charge in [0.1, 0.15) is 17.0 Å². The van der Waals surface area contributed by atoms with Crippen molar-refractivity contribution in [2.24, 2.45) is 0 Å². The molecule has 3 heterocycles. The lowest BCUT2D eigenvalue weighted by Gasteiger charge is -1.98. The molecule has 0 N–H and O–H groups in total. The highest BCUT2D eigenvalue weighted by atomic mass is 79.9. The van der Waals surface area contributed by atoms with E-state index in [1.165, 1.54) is 11.8 Å². The Morgan fingerprint density at radius 1 is 0.871 bits per heavy atom. The molecule has 5 rings (SSSR count). The minimum absolute atomic E-state index is 0.355. The summed E-state index contributed by atoms with van der Waals surface area (Å²) in [4.78, 5) is 0. The van der Waals surface area contributed by atoms with Gasteiger partial charge in [-0.3, -0.25) is 0 Å². The van der Waals surface area contributed by atoms with Crippen LogP contribution in [0, 0.1) is 6.92 Å². The Bertz CT molecular complexity index is 1330. The van der Waals surface area contributed by atoms with Crippen LogP contribution in [0.15, 0.2) is 77.7 Å². The number of nitrogens with zero attached hydrogens (tertiary/aromatic N) is 5. The minimum Gasteiger partial charge on any atom is -0.420 e. The lowest BCUT2D eigenvalue weighted by molar-refractivity contribution is 0.399. The number of aryl methyl sites for hydroxylation is 1. The van der Waals surface area contributed by atoms with E-state index in [-0.39, 0.29) is 0 Å². The van der Waals surface area contributed by atoms with Gasteiger partial charge in [0.15, 0.2) is 0 Å². The smallest absolute Gasteiger partial charge is 0.277 e. The van der Waals surface area contributed by atoms with E-state index in [9.17, 15) is 0 Å². The zero-order chi connectivity index (χ0) is 21.2. The van der Waals surface area contributed by atoms with E-state index in [1.54, 1.807) is 0 Å². The van der Waals surface area contributed by atoms with E-state index in [1.807, 2.05) is 61.5 Å². The molecule has 0 aliphatic rings. The molecular formula is C21H14BrN5O3S. The van der Waals surface area contributed by atoms with Crippen LogP contribution in [-0.2, 0) is 5.75 Å². The van der Waals surface area contributed by atoms with Crippen molar-refractivity contribution in [1.29, 1.82) is 0 Å². The molecule has 3 aromatic heterocycles. The first-order valence-corrected chi connectivity index (χ1v) is 11.0. The van der Waals surface area contributed by atoms with Gasteiger partial charge in [-0.05, 0) is 25.1 Å². The zero-order valence-corrected chi connectivity index (χ0v) is 18.6. The van der Waals surface area contributed by atoms with Crippen molar-refractivity contribution in [2.75, 3.05) is 0 Å². The SMILES string of the molecule is Cc1onc(-c2ccccc2)c1-c1nnc(CSc2nnc(-c3cccc(Br)c3)o2)o1. The maximum Gasteiger partial charge on any atom is 0.277 e. The average Bonchev–Trinajstić information content (AvgIpc) is 3.52. The largest absolute Gasteiger partial charge is 0.420 e. The second-order valence-electron chi connectivity index (χ2n) is 6.50. The Labute approximate surface area is 189 Å². The maximum absolute atomic E-state index is 5.86. The average molecular weight is 496 g/mol. The van der Waals surface area contributed by atoms with Crippen LogP contribution < -0.4 is 0 Å². The van der Waals surface area contributed by atoms with Crippen molar-refractivity contribution in [3.05, 3.63) is 70.7 Å². The summed E-state index contributed by atoms with van der Waals surface area (Å²) in [6, 6.07) is 17.4. The molecule has 0 fully saturated rings. The summed E-state index contributed by atoms with van der Waals surface area (Å²) in [6.07, 6.45) is 0. The van der Waals surface area contributed by atoms with E-state index < -0.39 is 0 Å². The fourth-order valence-corrected chi connectivity index (χ4v) is 3.96. The molecule has 0 spiro atoms. The van der Waals surface area contributed by atoms with E-state index in [4.69, 9.17) is 13.4 Å². The number of hydrogen-bond donors (Lipinski definition) is 0. The molecule has 8 nitrogen and oxygen atoms in total. The Morgan fingerprint density at radius 2 is 1.68 bits per heavy atom. The molecular weight excluding hydrogens is 482 g/mol. The van der Waals surface area contributed by atoms with Gasteiger partial charge in [0.05, 0.1) is 5.75 Å². The topological polar surface area (TPSA) is 104 Å². The fraction of sp³-hybridized carbons (Fsp3) is 0.0952. The van der Waals surface area contributed by atoms with Crippen molar-refractivity contribution in [2.45, 2.75) is 17.9 Å².